The summed E-state index contributed by atoms with van der Waals surface area (Å²) in [5, 5.41) is 8.93. The molecule has 2 fully saturated rings. The Balaban J connectivity index is 2.13. The van der Waals surface area contributed by atoms with E-state index in [-0.39, 0.29) is 17.8 Å². The molecular formula is C11H16O3. The Hall–Kier alpha value is -0.860. The Bertz CT molecular complexity index is 254. The van der Waals surface area contributed by atoms with E-state index in [0.717, 1.165) is 12.8 Å². The average molecular weight is 196 g/mol. The maximum absolute atomic E-state index is 11.7. The van der Waals surface area contributed by atoms with Crippen LogP contribution >= 0.6 is 0 Å². The first-order valence-electron chi connectivity index (χ1n) is 5.34. The number of ketones is 1. The van der Waals surface area contributed by atoms with Gasteiger partial charge in [0.05, 0.1) is 5.92 Å². The number of aliphatic carboxylic acids is 1. The first-order chi connectivity index (χ1) is 6.58. The van der Waals surface area contributed by atoms with Gasteiger partial charge in [-0.15, -0.1) is 0 Å². The van der Waals surface area contributed by atoms with Crippen molar-refractivity contribution >= 4 is 11.8 Å². The number of carboxylic acids is 1. The van der Waals surface area contributed by atoms with Gasteiger partial charge in [0.1, 0.15) is 5.78 Å². The highest BCUT2D eigenvalue weighted by molar-refractivity contribution is 5.87. The second kappa shape index (κ2) is 3.37. The lowest BCUT2D eigenvalue weighted by atomic mass is 9.64. The maximum Gasteiger partial charge on any atom is 0.306 e. The van der Waals surface area contributed by atoms with E-state index >= 15 is 0 Å². The van der Waals surface area contributed by atoms with Crippen molar-refractivity contribution in [1.82, 2.24) is 0 Å². The van der Waals surface area contributed by atoms with Crippen molar-refractivity contribution in [3.8, 4) is 0 Å². The van der Waals surface area contributed by atoms with E-state index in [1.54, 1.807) is 0 Å². The lowest BCUT2D eigenvalue weighted by Crippen LogP contribution is -2.41. The number of fused-ring (bicyclic) bond motifs is 2. The molecule has 14 heavy (non-hydrogen) atoms. The van der Waals surface area contributed by atoms with Gasteiger partial charge in [-0.05, 0) is 31.6 Å². The van der Waals surface area contributed by atoms with Crippen LogP contribution in [0.3, 0.4) is 0 Å². The lowest BCUT2D eigenvalue weighted by molar-refractivity contribution is -0.148. The third-order valence-electron chi connectivity index (χ3n) is 3.67. The molecule has 0 amide bonds. The van der Waals surface area contributed by atoms with Crippen LogP contribution in [0.25, 0.3) is 0 Å². The zero-order valence-electron chi connectivity index (χ0n) is 8.40. The molecule has 78 valence electrons. The molecule has 3 heteroatoms. The highest BCUT2D eigenvalue weighted by atomic mass is 16.4. The van der Waals surface area contributed by atoms with Gasteiger partial charge in [0.25, 0.3) is 0 Å². The smallest absolute Gasteiger partial charge is 0.306 e. The van der Waals surface area contributed by atoms with Gasteiger partial charge in [-0.3, -0.25) is 9.59 Å². The predicted molar refractivity (Wildman–Crippen MR) is 50.7 cm³/mol. The molecule has 2 aliphatic carbocycles. The summed E-state index contributed by atoms with van der Waals surface area (Å²) in [5.74, 6) is 0.0208. The minimum absolute atomic E-state index is 0.0404. The summed E-state index contributed by atoms with van der Waals surface area (Å²) < 4.78 is 0. The van der Waals surface area contributed by atoms with Crippen molar-refractivity contribution in [2.45, 2.75) is 32.6 Å². The molecule has 0 heterocycles. The number of carboxylic acid groups (broad SMARTS) is 1. The van der Waals surface area contributed by atoms with Gasteiger partial charge in [0.15, 0.2) is 0 Å². The third kappa shape index (κ3) is 1.56. The SMILES string of the molecule is CC1CC2CC(C(=O)O)CC(C1)C2=O. The molecule has 1 N–H and O–H groups in total. The third-order valence-corrected chi connectivity index (χ3v) is 3.67. The quantitative estimate of drug-likeness (QED) is 0.694. The summed E-state index contributed by atoms with van der Waals surface area (Å²) in [4.78, 5) is 22.6. The number of hydrogen-bond donors (Lipinski definition) is 1. The van der Waals surface area contributed by atoms with E-state index in [2.05, 4.69) is 6.92 Å². The van der Waals surface area contributed by atoms with E-state index in [9.17, 15) is 9.59 Å². The van der Waals surface area contributed by atoms with Crippen molar-refractivity contribution in [2.75, 3.05) is 0 Å². The van der Waals surface area contributed by atoms with Crippen LogP contribution in [-0.2, 0) is 9.59 Å². The Morgan fingerprint density at radius 3 is 2.14 bits per heavy atom. The van der Waals surface area contributed by atoms with Crippen molar-refractivity contribution < 1.29 is 14.7 Å². The second-order valence-electron chi connectivity index (χ2n) is 4.88. The summed E-state index contributed by atoms with van der Waals surface area (Å²) in [6.45, 7) is 2.16. The Morgan fingerprint density at radius 2 is 1.71 bits per heavy atom. The van der Waals surface area contributed by atoms with Crippen LogP contribution < -0.4 is 0 Å². The molecule has 0 aromatic heterocycles. The zero-order chi connectivity index (χ0) is 10.3. The van der Waals surface area contributed by atoms with Gasteiger partial charge >= 0.3 is 5.97 Å². The van der Waals surface area contributed by atoms with E-state index in [1.807, 2.05) is 0 Å². The molecule has 0 aromatic rings. The van der Waals surface area contributed by atoms with Gasteiger partial charge in [-0.2, -0.15) is 0 Å². The summed E-state index contributed by atoms with van der Waals surface area (Å²) >= 11 is 0. The largest absolute Gasteiger partial charge is 0.481 e. The van der Waals surface area contributed by atoms with Gasteiger partial charge in [0.2, 0.25) is 0 Å². The van der Waals surface area contributed by atoms with Crippen molar-refractivity contribution in [3.63, 3.8) is 0 Å². The Morgan fingerprint density at radius 1 is 1.21 bits per heavy atom. The molecule has 0 aromatic carbocycles. The molecule has 2 aliphatic rings. The number of carbonyl (C=O) groups excluding carboxylic acids is 1. The van der Waals surface area contributed by atoms with E-state index in [1.165, 1.54) is 0 Å². The van der Waals surface area contributed by atoms with Crippen LogP contribution in [0.4, 0.5) is 0 Å². The highest BCUT2D eigenvalue weighted by Crippen LogP contribution is 2.42. The van der Waals surface area contributed by atoms with E-state index < -0.39 is 5.97 Å². The fourth-order valence-electron chi connectivity index (χ4n) is 3.04. The van der Waals surface area contributed by atoms with Crippen molar-refractivity contribution in [3.05, 3.63) is 0 Å². The fraction of sp³-hybridized carbons (Fsp3) is 0.818. The molecule has 2 unspecified atom stereocenters. The molecule has 0 aliphatic heterocycles. The minimum atomic E-state index is -0.720. The number of carbonyl (C=O) groups is 2. The van der Waals surface area contributed by atoms with Gasteiger partial charge < -0.3 is 5.11 Å². The number of rotatable bonds is 1. The van der Waals surface area contributed by atoms with Gasteiger partial charge in [0, 0.05) is 11.8 Å². The van der Waals surface area contributed by atoms with Crippen molar-refractivity contribution in [1.29, 1.82) is 0 Å². The molecule has 2 rings (SSSR count). The van der Waals surface area contributed by atoms with Crippen LogP contribution in [0.1, 0.15) is 32.6 Å². The summed E-state index contributed by atoms with van der Waals surface area (Å²) in [7, 11) is 0. The molecule has 2 bridgehead atoms. The predicted octanol–water partition coefficient (Wildman–Crippen LogP) is 1.71. The molecule has 2 atom stereocenters. The first-order valence-corrected chi connectivity index (χ1v) is 5.34. The molecule has 2 saturated carbocycles. The van der Waals surface area contributed by atoms with Gasteiger partial charge in [-0.25, -0.2) is 0 Å². The van der Waals surface area contributed by atoms with E-state index in [4.69, 9.17) is 5.11 Å². The highest BCUT2D eigenvalue weighted by Gasteiger charge is 2.43. The maximum atomic E-state index is 11.7. The standard InChI is InChI=1S/C11H16O3/c1-6-2-7-4-9(11(13)14)5-8(3-6)10(7)12/h6-9H,2-5H2,1H3,(H,13,14). The second-order valence-corrected chi connectivity index (χ2v) is 4.88. The van der Waals surface area contributed by atoms with Crippen molar-refractivity contribution in [2.24, 2.45) is 23.7 Å². The molecule has 3 nitrogen and oxygen atoms in total. The average Bonchev–Trinajstić information content (AvgIpc) is 2.06. The van der Waals surface area contributed by atoms with E-state index in [0.29, 0.717) is 24.5 Å². The number of hydrogen-bond acceptors (Lipinski definition) is 2. The lowest BCUT2D eigenvalue weighted by Gasteiger charge is -2.38. The molecular weight excluding hydrogens is 180 g/mol. The normalized spacial score (nSPS) is 42.2. The van der Waals surface area contributed by atoms with Crippen LogP contribution in [0.15, 0.2) is 0 Å². The summed E-state index contributed by atoms with van der Waals surface area (Å²) in [6, 6.07) is 0. The minimum Gasteiger partial charge on any atom is -0.481 e. The van der Waals surface area contributed by atoms with Crippen LogP contribution in [0.2, 0.25) is 0 Å². The first kappa shape index (κ1) is 9.69. The van der Waals surface area contributed by atoms with Crippen LogP contribution in [0, 0.1) is 23.7 Å². The Labute approximate surface area is 83.5 Å². The molecule has 0 radical (unpaired) electrons. The zero-order valence-corrected chi connectivity index (χ0v) is 8.40. The summed E-state index contributed by atoms with van der Waals surface area (Å²) in [6.07, 6.45) is 2.96. The van der Waals surface area contributed by atoms with Crippen LogP contribution in [-0.4, -0.2) is 16.9 Å². The monoisotopic (exact) mass is 196 g/mol. The topological polar surface area (TPSA) is 54.4 Å². The molecule has 0 spiro atoms. The summed E-state index contributed by atoms with van der Waals surface area (Å²) in [5.41, 5.74) is 0. The van der Waals surface area contributed by atoms with Crippen LogP contribution in [0.5, 0.6) is 0 Å². The fourth-order valence-corrected chi connectivity index (χ4v) is 3.04. The number of Topliss-reactive ketones (excluding diaryl/α,β-unsaturated/α-hetero) is 1. The Kier molecular flexibility index (Phi) is 2.33. The molecule has 0 saturated heterocycles. The van der Waals surface area contributed by atoms with Gasteiger partial charge in [-0.1, -0.05) is 6.92 Å².